The topological polar surface area (TPSA) is 89.3 Å². The second-order valence-electron chi connectivity index (χ2n) is 1.61. The van der Waals surface area contributed by atoms with Crippen molar-refractivity contribution in [3.8, 4) is 0 Å². The van der Waals surface area contributed by atoms with Crippen molar-refractivity contribution in [2.45, 2.75) is 0 Å². The van der Waals surface area contributed by atoms with Crippen molar-refractivity contribution in [3.05, 3.63) is 21.9 Å². The molecule has 6 nitrogen and oxygen atoms in total. The van der Waals surface area contributed by atoms with E-state index in [0.29, 0.717) is 6.08 Å². The predicted octanol–water partition coefficient (Wildman–Crippen LogP) is -1.20. The van der Waals surface area contributed by atoms with Crippen LogP contribution < -0.4 is 5.32 Å². The number of nitrogens with zero attached hydrogens (tertiary/aromatic N) is 1. The summed E-state index contributed by atoms with van der Waals surface area (Å²) in [7, 11) is 0. The van der Waals surface area contributed by atoms with Gasteiger partial charge in [0.25, 0.3) is 5.91 Å². The van der Waals surface area contributed by atoms with Crippen molar-refractivity contribution < 1.29 is 14.5 Å². The smallest absolute Gasteiger partial charge is 0.283 e. The Bertz CT molecular complexity index is 254. The third kappa shape index (κ3) is 0.859. The van der Waals surface area contributed by atoms with Crippen molar-refractivity contribution in [2.75, 3.05) is 0 Å². The van der Waals surface area contributed by atoms with Crippen LogP contribution in [0.4, 0.5) is 0 Å². The minimum Gasteiger partial charge on any atom is -0.283 e. The molecule has 0 unspecified atom stereocenters. The molecule has 0 spiro atoms. The normalized spacial score (nSPS) is 16.6. The average Bonchev–Trinajstić information content (AvgIpc) is 2.10. The van der Waals surface area contributed by atoms with Gasteiger partial charge in [-0.05, 0) is 0 Å². The van der Waals surface area contributed by atoms with Gasteiger partial charge >= 0.3 is 11.6 Å². The third-order valence-corrected chi connectivity index (χ3v) is 0.934. The van der Waals surface area contributed by atoms with Gasteiger partial charge in [-0.2, -0.15) is 0 Å². The van der Waals surface area contributed by atoms with E-state index in [9.17, 15) is 19.7 Å². The van der Waals surface area contributed by atoms with E-state index in [1.54, 1.807) is 5.32 Å². The molecule has 52 valence electrons. The molecule has 0 aliphatic carbocycles. The first kappa shape index (κ1) is 6.40. The van der Waals surface area contributed by atoms with Gasteiger partial charge in [-0.1, -0.05) is 0 Å². The maximum Gasteiger partial charge on any atom is 0.339 e. The lowest BCUT2D eigenvalue weighted by Crippen LogP contribution is -2.23. The zero-order valence-electron chi connectivity index (χ0n) is 4.66. The number of nitrogens with one attached hydrogen (secondary N) is 1. The van der Waals surface area contributed by atoms with Crippen LogP contribution in [0.3, 0.4) is 0 Å². The summed E-state index contributed by atoms with van der Waals surface area (Å²) in [6, 6.07) is 0. The molecule has 0 atom stereocenters. The molecule has 1 heterocycles. The van der Waals surface area contributed by atoms with Crippen LogP contribution in [-0.2, 0) is 9.59 Å². The predicted molar refractivity (Wildman–Crippen MR) is 28.2 cm³/mol. The second-order valence-corrected chi connectivity index (χ2v) is 1.61. The van der Waals surface area contributed by atoms with Gasteiger partial charge in [-0.15, -0.1) is 0 Å². The van der Waals surface area contributed by atoms with Crippen LogP contribution in [0.2, 0.25) is 0 Å². The number of nitro groups is 1. The fourth-order valence-electron chi connectivity index (χ4n) is 0.537. The lowest BCUT2D eigenvalue weighted by Gasteiger charge is -1.85. The lowest BCUT2D eigenvalue weighted by molar-refractivity contribution is -0.418. The zero-order valence-corrected chi connectivity index (χ0v) is 4.66. The van der Waals surface area contributed by atoms with E-state index in [4.69, 9.17) is 0 Å². The highest BCUT2D eigenvalue weighted by Gasteiger charge is 2.30. The van der Waals surface area contributed by atoms with Crippen LogP contribution in [0.1, 0.15) is 0 Å². The number of hydrogen-bond acceptors (Lipinski definition) is 4. The van der Waals surface area contributed by atoms with Gasteiger partial charge in [0, 0.05) is 0 Å². The largest absolute Gasteiger partial charge is 0.339 e. The van der Waals surface area contributed by atoms with E-state index in [0.717, 1.165) is 0 Å². The molecule has 1 aliphatic heterocycles. The molecule has 0 aromatic carbocycles. The Morgan fingerprint density at radius 2 is 2.10 bits per heavy atom. The summed E-state index contributed by atoms with van der Waals surface area (Å²) >= 11 is 0. The molecule has 0 saturated heterocycles. The van der Waals surface area contributed by atoms with E-state index in [2.05, 4.69) is 0 Å². The van der Waals surface area contributed by atoms with Gasteiger partial charge in [0.05, 0.1) is 11.0 Å². The summed E-state index contributed by atoms with van der Waals surface area (Å²) < 4.78 is 0. The van der Waals surface area contributed by atoms with Crippen LogP contribution in [0.15, 0.2) is 11.8 Å². The maximum atomic E-state index is 10.4. The van der Waals surface area contributed by atoms with Crippen molar-refractivity contribution >= 4 is 11.8 Å². The van der Waals surface area contributed by atoms with Crippen molar-refractivity contribution in [2.24, 2.45) is 0 Å². The molecule has 0 aromatic heterocycles. The number of carbonyl (C=O) groups is 2. The Kier molecular flexibility index (Phi) is 1.22. The highest BCUT2D eigenvalue weighted by atomic mass is 16.6. The Balaban J connectivity index is 2.96. The van der Waals surface area contributed by atoms with Gasteiger partial charge in [0.15, 0.2) is 0 Å². The fraction of sp³-hybridized carbons (Fsp3) is 0. The Morgan fingerprint density at radius 1 is 1.50 bits per heavy atom. The van der Waals surface area contributed by atoms with Gasteiger partial charge in [-0.3, -0.25) is 25.0 Å². The first-order valence-electron chi connectivity index (χ1n) is 2.32. The van der Waals surface area contributed by atoms with Crippen molar-refractivity contribution in [1.82, 2.24) is 5.32 Å². The van der Waals surface area contributed by atoms with E-state index >= 15 is 0 Å². The molecule has 0 radical (unpaired) electrons. The lowest BCUT2D eigenvalue weighted by atomic mass is 10.5. The molecule has 1 N–H and O–H groups in total. The molecular weight excluding hydrogens is 140 g/mol. The molecule has 10 heavy (non-hydrogen) atoms. The van der Waals surface area contributed by atoms with Crippen molar-refractivity contribution in [1.29, 1.82) is 0 Å². The minimum atomic E-state index is -0.949. The summed E-state index contributed by atoms with van der Waals surface area (Å²) in [4.78, 5) is 29.6. The number of amides is 2. The number of rotatable bonds is 1. The Morgan fingerprint density at radius 3 is 2.30 bits per heavy atom. The number of hydrogen-bond donors (Lipinski definition) is 1. The SMILES string of the molecule is O=C1C=C([N+](=O)[O-])C(=O)N1. The first-order valence-corrected chi connectivity index (χ1v) is 2.32. The van der Waals surface area contributed by atoms with E-state index in [1.807, 2.05) is 0 Å². The number of carbonyl (C=O) groups excluding carboxylic acids is 2. The number of imide groups is 1. The van der Waals surface area contributed by atoms with Gasteiger partial charge in [0.1, 0.15) is 0 Å². The first-order chi connectivity index (χ1) is 4.61. The molecule has 0 aromatic rings. The summed E-state index contributed by atoms with van der Waals surface area (Å²) in [5.74, 6) is -1.69. The molecule has 2 amide bonds. The second kappa shape index (κ2) is 1.90. The molecular formula is C4H2N2O4. The summed E-state index contributed by atoms with van der Waals surface area (Å²) in [5.41, 5.74) is -0.704. The standard InChI is InChI=1S/C4H2N2O4/c7-3-1-2(6(9)10)4(8)5-3/h1H,(H,5,7,8). The van der Waals surface area contributed by atoms with Crippen LogP contribution in [-0.4, -0.2) is 16.7 Å². The zero-order chi connectivity index (χ0) is 7.72. The van der Waals surface area contributed by atoms with Crippen LogP contribution in [0.25, 0.3) is 0 Å². The summed E-state index contributed by atoms with van der Waals surface area (Å²) in [5, 5.41) is 11.6. The molecule has 0 saturated carbocycles. The van der Waals surface area contributed by atoms with E-state index in [-0.39, 0.29) is 0 Å². The fourth-order valence-corrected chi connectivity index (χ4v) is 0.537. The summed E-state index contributed by atoms with van der Waals surface area (Å²) in [6.45, 7) is 0. The quantitative estimate of drug-likeness (QED) is 0.283. The van der Waals surface area contributed by atoms with E-state index < -0.39 is 22.4 Å². The highest BCUT2D eigenvalue weighted by Crippen LogP contribution is 2.01. The molecule has 6 heteroatoms. The summed E-state index contributed by atoms with van der Waals surface area (Å²) in [6.07, 6.45) is 0.655. The Hall–Kier alpha value is -1.72. The van der Waals surface area contributed by atoms with Crippen LogP contribution in [0, 0.1) is 10.1 Å². The van der Waals surface area contributed by atoms with Gasteiger partial charge in [0.2, 0.25) is 0 Å². The Labute approximate surface area is 54.7 Å². The van der Waals surface area contributed by atoms with Crippen LogP contribution in [0.5, 0.6) is 0 Å². The molecule has 1 aliphatic rings. The monoisotopic (exact) mass is 142 g/mol. The highest BCUT2D eigenvalue weighted by molar-refractivity contribution is 6.14. The molecule has 1 rings (SSSR count). The van der Waals surface area contributed by atoms with Crippen LogP contribution >= 0.6 is 0 Å². The van der Waals surface area contributed by atoms with Gasteiger partial charge in [-0.25, -0.2) is 0 Å². The molecule has 0 fully saturated rings. The maximum absolute atomic E-state index is 10.4. The average molecular weight is 142 g/mol. The van der Waals surface area contributed by atoms with Crippen molar-refractivity contribution in [3.63, 3.8) is 0 Å². The molecule has 0 bridgehead atoms. The third-order valence-electron chi connectivity index (χ3n) is 0.934. The minimum absolute atomic E-state index is 0.655. The van der Waals surface area contributed by atoms with Gasteiger partial charge < -0.3 is 0 Å². The van der Waals surface area contributed by atoms with E-state index in [1.165, 1.54) is 0 Å².